The first-order valence-corrected chi connectivity index (χ1v) is 8.88. The molecule has 2 aromatic carbocycles. The number of ether oxygens (including phenoxy) is 1. The minimum absolute atomic E-state index is 0.0779. The molecule has 0 aliphatic heterocycles. The molecule has 5 heteroatoms. The largest absolute Gasteiger partial charge is 0.497 e. The molecule has 0 saturated carbocycles. The SMILES string of the molecule is COc1ccc(N/N=C(/Sc2ccc(C(C)(C)C)cc2)C(C)=O)cc1. The minimum atomic E-state index is -0.0779. The van der Waals surface area contributed by atoms with Crippen LogP contribution in [0.25, 0.3) is 0 Å². The number of ketones is 1. The second-order valence-electron chi connectivity index (χ2n) is 6.69. The smallest absolute Gasteiger partial charge is 0.186 e. The van der Waals surface area contributed by atoms with Crippen LogP contribution in [0.2, 0.25) is 0 Å². The van der Waals surface area contributed by atoms with Gasteiger partial charge in [-0.15, -0.1) is 0 Å². The molecule has 0 radical (unpaired) electrons. The minimum Gasteiger partial charge on any atom is -0.497 e. The number of hydrazone groups is 1. The van der Waals surface area contributed by atoms with Crippen LogP contribution in [0.4, 0.5) is 5.69 Å². The summed E-state index contributed by atoms with van der Waals surface area (Å²) in [5, 5.41) is 4.67. The zero-order valence-corrected chi connectivity index (χ0v) is 16.1. The highest BCUT2D eigenvalue weighted by molar-refractivity contribution is 8.15. The highest BCUT2D eigenvalue weighted by Gasteiger charge is 2.14. The first kappa shape index (κ1) is 19.1. The van der Waals surface area contributed by atoms with Crippen molar-refractivity contribution in [3.05, 3.63) is 54.1 Å². The highest BCUT2D eigenvalue weighted by Crippen LogP contribution is 2.26. The van der Waals surface area contributed by atoms with Gasteiger partial charge in [-0.05, 0) is 47.4 Å². The van der Waals surface area contributed by atoms with Crippen molar-refractivity contribution in [2.45, 2.75) is 38.0 Å². The summed E-state index contributed by atoms with van der Waals surface area (Å²) in [5.41, 5.74) is 5.09. The number of hydrogen-bond acceptors (Lipinski definition) is 5. The van der Waals surface area contributed by atoms with Crippen LogP contribution in [-0.4, -0.2) is 17.9 Å². The van der Waals surface area contributed by atoms with Crippen LogP contribution in [0.15, 0.2) is 58.5 Å². The third-order valence-electron chi connectivity index (χ3n) is 3.61. The molecule has 0 saturated heterocycles. The molecule has 0 spiro atoms. The van der Waals surface area contributed by atoms with Gasteiger partial charge < -0.3 is 4.74 Å². The Kier molecular flexibility index (Phi) is 6.26. The van der Waals surface area contributed by atoms with Crippen LogP contribution in [-0.2, 0) is 10.2 Å². The fourth-order valence-electron chi connectivity index (χ4n) is 2.09. The van der Waals surface area contributed by atoms with Crippen molar-refractivity contribution in [1.82, 2.24) is 0 Å². The number of thioether (sulfide) groups is 1. The molecule has 0 aliphatic rings. The molecule has 0 amide bonds. The predicted octanol–water partition coefficient (Wildman–Crippen LogP) is 5.10. The normalized spacial score (nSPS) is 12.0. The number of anilines is 1. The van der Waals surface area contributed by atoms with E-state index in [-0.39, 0.29) is 11.2 Å². The summed E-state index contributed by atoms with van der Waals surface area (Å²) >= 11 is 1.36. The molecule has 1 N–H and O–H groups in total. The summed E-state index contributed by atoms with van der Waals surface area (Å²) in [5.74, 6) is 0.695. The van der Waals surface area contributed by atoms with E-state index in [9.17, 15) is 4.79 Å². The van der Waals surface area contributed by atoms with Gasteiger partial charge in [-0.3, -0.25) is 10.2 Å². The van der Waals surface area contributed by atoms with Gasteiger partial charge in [-0.25, -0.2) is 0 Å². The number of nitrogens with one attached hydrogen (secondary N) is 1. The summed E-state index contributed by atoms with van der Waals surface area (Å²) in [6.45, 7) is 8.05. The van der Waals surface area contributed by atoms with Gasteiger partial charge in [0.15, 0.2) is 10.8 Å². The van der Waals surface area contributed by atoms with Gasteiger partial charge in [-0.2, -0.15) is 5.10 Å². The van der Waals surface area contributed by atoms with E-state index < -0.39 is 0 Å². The summed E-state index contributed by atoms with van der Waals surface area (Å²) < 4.78 is 5.12. The molecular weight excluding hydrogens is 332 g/mol. The molecule has 132 valence electrons. The molecule has 0 bridgehead atoms. The van der Waals surface area contributed by atoms with Crippen LogP contribution in [0.5, 0.6) is 5.75 Å². The second-order valence-corrected chi connectivity index (χ2v) is 7.75. The van der Waals surface area contributed by atoms with E-state index in [0.29, 0.717) is 5.04 Å². The van der Waals surface area contributed by atoms with E-state index >= 15 is 0 Å². The number of benzene rings is 2. The van der Waals surface area contributed by atoms with E-state index in [1.165, 1.54) is 24.2 Å². The molecule has 0 atom stereocenters. The van der Waals surface area contributed by atoms with E-state index in [2.05, 4.69) is 43.4 Å². The molecule has 0 unspecified atom stereocenters. The van der Waals surface area contributed by atoms with Crippen molar-refractivity contribution < 1.29 is 9.53 Å². The molecule has 2 rings (SSSR count). The Morgan fingerprint density at radius 1 is 1.04 bits per heavy atom. The van der Waals surface area contributed by atoms with Gasteiger partial charge in [0.05, 0.1) is 12.8 Å². The Bertz CT molecular complexity index is 745. The summed E-state index contributed by atoms with van der Waals surface area (Å²) in [6.07, 6.45) is 0. The fraction of sp³-hybridized carbons (Fsp3) is 0.300. The molecule has 4 nitrogen and oxygen atoms in total. The topological polar surface area (TPSA) is 50.7 Å². The van der Waals surface area contributed by atoms with Crippen LogP contribution in [0.1, 0.15) is 33.3 Å². The Morgan fingerprint density at radius 3 is 2.12 bits per heavy atom. The van der Waals surface area contributed by atoms with Crippen molar-refractivity contribution in [3.8, 4) is 5.75 Å². The maximum absolute atomic E-state index is 11.9. The lowest BCUT2D eigenvalue weighted by Gasteiger charge is -2.19. The molecule has 0 fully saturated rings. The summed E-state index contributed by atoms with van der Waals surface area (Å²) in [7, 11) is 1.62. The summed E-state index contributed by atoms with van der Waals surface area (Å²) in [4.78, 5) is 12.9. The number of Topliss-reactive ketones (excluding diaryl/α,β-unsaturated/α-hetero) is 1. The molecule has 0 heterocycles. The number of rotatable bonds is 5. The lowest BCUT2D eigenvalue weighted by Crippen LogP contribution is -2.11. The fourth-order valence-corrected chi connectivity index (χ4v) is 2.82. The third kappa shape index (κ3) is 5.64. The average Bonchev–Trinajstić information content (AvgIpc) is 2.58. The quantitative estimate of drug-likeness (QED) is 0.350. The van der Waals surface area contributed by atoms with Crippen molar-refractivity contribution >= 4 is 28.3 Å². The van der Waals surface area contributed by atoms with Crippen LogP contribution in [0, 0.1) is 0 Å². The maximum Gasteiger partial charge on any atom is 0.186 e. The number of hydrogen-bond donors (Lipinski definition) is 1. The Morgan fingerprint density at radius 2 is 1.64 bits per heavy atom. The van der Waals surface area contributed by atoms with Crippen LogP contribution >= 0.6 is 11.8 Å². The maximum atomic E-state index is 11.9. The lowest BCUT2D eigenvalue weighted by atomic mass is 9.87. The van der Waals surface area contributed by atoms with Gasteiger partial charge in [-0.1, -0.05) is 44.7 Å². The van der Waals surface area contributed by atoms with E-state index in [1.807, 2.05) is 36.4 Å². The second kappa shape index (κ2) is 8.21. The monoisotopic (exact) mass is 356 g/mol. The average molecular weight is 356 g/mol. The van der Waals surface area contributed by atoms with E-state index in [4.69, 9.17) is 4.74 Å². The van der Waals surface area contributed by atoms with Gasteiger partial charge >= 0.3 is 0 Å². The van der Waals surface area contributed by atoms with Gasteiger partial charge in [0.2, 0.25) is 0 Å². The molecule has 2 aromatic rings. The molecule has 0 aromatic heterocycles. The van der Waals surface area contributed by atoms with Gasteiger partial charge in [0.1, 0.15) is 5.75 Å². The van der Waals surface area contributed by atoms with Crippen LogP contribution in [0.3, 0.4) is 0 Å². The molecular formula is C20H24N2O2S. The van der Waals surface area contributed by atoms with Gasteiger partial charge in [0, 0.05) is 11.8 Å². The van der Waals surface area contributed by atoms with Crippen molar-refractivity contribution in [2.75, 3.05) is 12.5 Å². The van der Waals surface area contributed by atoms with Crippen molar-refractivity contribution in [1.29, 1.82) is 0 Å². The van der Waals surface area contributed by atoms with E-state index in [0.717, 1.165) is 16.3 Å². The number of methoxy groups -OCH3 is 1. The molecule has 0 aliphatic carbocycles. The number of carbonyl (C=O) groups is 1. The number of carbonyl (C=O) groups excluding carboxylic acids is 1. The van der Waals surface area contributed by atoms with Crippen LogP contribution < -0.4 is 10.2 Å². The van der Waals surface area contributed by atoms with Gasteiger partial charge in [0.25, 0.3) is 0 Å². The Balaban J connectivity index is 2.10. The standard InChI is InChI=1S/C20H24N2O2S/c1-14(23)19(22-21-16-8-10-17(24-5)11-9-16)25-18-12-6-15(7-13-18)20(2,3)4/h6-13,21H,1-5H3/b22-19+. The zero-order chi connectivity index (χ0) is 18.4. The van der Waals surface area contributed by atoms with E-state index in [1.54, 1.807) is 7.11 Å². The number of nitrogens with zero attached hydrogens (tertiary/aromatic N) is 1. The van der Waals surface area contributed by atoms with Crippen molar-refractivity contribution in [3.63, 3.8) is 0 Å². The predicted molar refractivity (Wildman–Crippen MR) is 106 cm³/mol. The Hall–Kier alpha value is -2.27. The lowest BCUT2D eigenvalue weighted by molar-refractivity contribution is -0.110. The zero-order valence-electron chi connectivity index (χ0n) is 15.3. The summed E-state index contributed by atoms with van der Waals surface area (Å²) in [6, 6.07) is 15.6. The highest BCUT2D eigenvalue weighted by atomic mass is 32.2. The first-order valence-electron chi connectivity index (χ1n) is 8.06. The van der Waals surface area contributed by atoms with Crippen molar-refractivity contribution in [2.24, 2.45) is 5.10 Å². The Labute approximate surface area is 153 Å². The molecule has 25 heavy (non-hydrogen) atoms. The first-order chi connectivity index (χ1) is 11.8. The third-order valence-corrected chi connectivity index (χ3v) is 4.69.